The number of hydrogen-bond donors (Lipinski definition) is 2. The van der Waals surface area contributed by atoms with Gasteiger partial charge in [-0.1, -0.05) is 31.9 Å². The molecule has 0 spiro atoms. The van der Waals surface area contributed by atoms with E-state index in [2.05, 4.69) is 31.9 Å². The highest BCUT2D eigenvalue weighted by Gasteiger charge is 2.25. The van der Waals surface area contributed by atoms with Crippen molar-refractivity contribution in [1.82, 2.24) is 0 Å². The molecule has 0 heterocycles. The Morgan fingerprint density at radius 3 is 2.56 bits per heavy atom. The lowest BCUT2D eigenvalue weighted by Gasteiger charge is -2.15. The molecule has 2 N–H and O–H groups in total. The SMILES string of the molecule is O=[N+]([O-])c1cc(Br)ccc1C(O)C(O)CBr. The molecule has 0 aliphatic carbocycles. The van der Waals surface area contributed by atoms with Crippen LogP contribution in [0.4, 0.5) is 5.69 Å². The molecule has 0 aromatic heterocycles. The van der Waals surface area contributed by atoms with E-state index < -0.39 is 17.1 Å². The lowest BCUT2D eigenvalue weighted by atomic mass is 10.0. The van der Waals surface area contributed by atoms with Crippen LogP contribution in [-0.4, -0.2) is 26.6 Å². The monoisotopic (exact) mass is 353 g/mol. The van der Waals surface area contributed by atoms with Crippen molar-refractivity contribution in [2.24, 2.45) is 0 Å². The molecule has 7 heteroatoms. The second kappa shape index (κ2) is 5.72. The number of aliphatic hydroxyl groups is 2. The van der Waals surface area contributed by atoms with Gasteiger partial charge in [0, 0.05) is 15.9 Å². The Morgan fingerprint density at radius 2 is 2.06 bits per heavy atom. The van der Waals surface area contributed by atoms with Crippen molar-refractivity contribution < 1.29 is 15.1 Å². The van der Waals surface area contributed by atoms with Crippen LogP contribution in [0.15, 0.2) is 22.7 Å². The zero-order valence-corrected chi connectivity index (χ0v) is 11.2. The first kappa shape index (κ1) is 13.6. The standard InChI is InChI=1S/C9H9Br2NO4/c10-4-8(13)9(14)6-2-1-5(11)3-7(6)12(15)16/h1-3,8-9,13-14H,4H2. The number of alkyl halides is 1. The quantitative estimate of drug-likeness (QED) is 0.493. The van der Waals surface area contributed by atoms with E-state index in [4.69, 9.17) is 0 Å². The zero-order chi connectivity index (χ0) is 12.3. The Kier molecular flexibility index (Phi) is 4.85. The van der Waals surface area contributed by atoms with Gasteiger partial charge < -0.3 is 10.2 Å². The molecular formula is C9H9Br2NO4. The van der Waals surface area contributed by atoms with Gasteiger partial charge in [0.05, 0.1) is 16.6 Å². The predicted molar refractivity (Wildman–Crippen MR) is 65.6 cm³/mol. The maximum atomic E-state index is 10.8. The van der Waals surface area contributed by atoms with Gasteiger partial charge in [0.1, 0.15) is 6.10 Å². The van der Waals surface area contributed by atoms with Crippen molar-refractivity contribution in [2.45, 2.75) is 12.2 Å². The Hall–Kier alpha value is -0.500. The Morgan fingerprint density at radius 1 is 1.44 bits per heavy atom. The smallest absolute Gasteiger partial charge is 0.276 e. The van der Waals surface area contributed by atoms with Gasteiger partial charge in [-0.2, -0.15) is 0 Å². The number of benzene rings is 1. The van der Waals surface area contributed by atoms with E-state index in [1.54, 1.807) is 6.07 Å². The number of aliphatic hydroxyl groups excluding tert-OH is 2. The van der Waals surface area contributed by atoms with Gasteiger partial charge in [-0.3, -0.25) is 10.1 Å². The van der Waals surface area contributed by atoms with Crippen molar-refractivity contribution in [3.05, 3.63) is 38.3 Å². The average Bonchev–Trinajstić information content (AvgIpc) is 2.26. The van der Waals surface area contributed by atoms with Crippen LogP contribution in [0, 0.1) is 10.1 Å². The summed E-state index contributed by atoms with van der Waals surface area (Å²) in [6.45, 7) is 0. The van der Waals surface area contributed by atoms with Crippen molar-refractivity contribution in [1.29, 1.82) is 0 Å². The third-order valence-electron chi connectivity index (χ3n) is 2.03. The molecule has 16 heavy (non-hydrogen) atoms. The van der Waals surface area contributed by atoms with E-state index in [1.807, 2.05) is 0 Å². The lowest BCUT2D eigenvalue weighted by Crippen LogP contribution is -2.20. The first-order valence-electron chi connectivity index (χ1n) is 4.33. The van der Waals surface area contributed by atoms with E-state index >= 15 is 0 Å². The van der Waals surface area contributed by atoms with Crippen molar-refractivity contribution >= 4 is 37.5 Å². The normalized spacial score (nSPS) is 14.5. The van der Waals surface area contributed by atoms with Crippen molar-refractivity contribution in [2.75, 3.05) is 5.33 Å². The second-order valence-corrected chi connectivity index (χ2v) is 4.69. The highest BCUT2D eigenvalue weighted by molar-refractivity contribution is 9.10. The molecule has 0 fully saturated rings. The molecule has 2 unspecified atom stereocenters. The summed E-state index contributed by atoms with van der Waals surface area (Å²) >= 11 is 6.11. The van der Waals surface area contributed by atoms with Crippen molar-refractivity contribution in [3.63, 3.8) is 0 Å². The van der Waals surface area contributed by atoms with Crippen LogP contribution < -0.4 is 0 Å². The van der Waals surface area contributed by atoms with Crippen LogP contribution in [0.5, 0.6) is 0 Å². The molecule has 0 aliphatic heterocycles. The molecular weight excluding hydrogens is 346 g/mol. The van der Waals surface area contributed by atoms with Gasteiger partial charge >= 0.3 is 0 Å². The van der Waals surface area contributed by atoms with Crippen LogP contribution >= 0.6 is 31.9 Å². The van der Waals surface area contributed by atoms with Gasteiger partial charge in [-0.25, -0.2) is 0 Å². The summed E-state index contributed by atoms with van der Waals surface area (Å²) in [5, 5.41) is 30.0. The second-order valence-electron chi connectivity index (χ2n) is 3.13. The van der Waals surface area contributed by atoms with Gasteiger partial charge in [0.15, 0.2) is 0 Å². The van der Waals surface area contributed by atoms with E-state index in [9.17, 15) is 20.3 Å². The van der Waals surface area contributed by atoms with Crippen LogP contribution in [0.1, 0.15) is 11.7 Å². The maximum Gasteiger partial charge on any atom is 0.276 e. The van der Waals surface area contributed by atoms with Gasteiger partial charge in [0.2, 0.25) is 0 Å². The summed E-state index contributed by atoms with van der Waals surface area (Å²) in [6.07, 6.45) is -2.37. The highest BCUT2D eigenvalue weighted by Crippen LogP contribution is 2.30. The van der Waals surface area contributed by atoms with E-state index in [-0.39, 0.29) is 16.6 Å². The number of nitrogens with zero attached hydrogens (tertiary/aromatic N) is 1. The minimum absolute atomic E-state index is 0.0974. The minimum Gasteiger partial charge on any atom is -0.389 e. The lowest BCUT2D eigenvalue weighted by molar-refractivity contribution is -0.386. The molecule has 0 amide bonds. The number of hydrogen-bond acceptors (Lipinski definition) is 4. The zero-order valence-electron chi connectivity index (χ0n) is 8.01. The van der Waals surface area contributed by atoms with Gasteiger partial charge in [-0.15, -0.1) is 0 Å². The summed E-state index contributed by atoms with van der Waals surface area (Å²) in [4.78, 5) is 10.2. The number of nitro groups is 1. The fourth-order valence-electron chi connectivity index (χ4n) is 1.22. The largest absolute Gasteiger partial charge is 0.389 e. The summed E-state index contributed by atoms with van der Waals surface area (Å²) in [7, 11) is 0. The molecule has 0 radical (unpaired) electrons. The fourth-order valence-corrected chi connectivity index (χ4v) is 1.92. The molecule has 0 aliphatic rings. The Bertz CT molecular complexity index is 399. The Labute approximate surface area is 109 Å². The third-order valence-corrected chi connectivity index (χ3v) is 3.19. The highest BCUT2D eigenvalue weighted by atomic mass is 79.9. The molecule has 0 saturated carbocycles. The topological polar surface area (TPSA) is 83.6 Å². The molecule has 0 saturated heterocycles. The van der Waals surface area contributed by atoms with E-state index in [1.165, 1.54) is 12.1 Å². The third kappa shape index (κ3) is 3.00. The number of rotatable bonds is 4. The average molecular weight is 355 g/mol. The fraction of sp³-hybridized carbons (Fsp3) is 0.333. The number of nitro benzene ring substituents is 1. The van der Waals surface area contributed by atoms with Gasteiger partial charge in [0.25, 0.3) is 5.69 Å². The molecule has 1 aromatic rings. The summed E-state index contributed by atoms with van der Waals surface area (Å²) in [5.74, 6) is 0. The predicted octanol–water partition coefficient (Wildman–Crippen LogP) is 2.15. The van der Waals surface area contributed by atoms with Crippen LogP contribution in [0.3, 0.4) is 0 Å². The molecule has 5 nitrogen and oxygen atoms in total. The first-order chi connectivity index (χ1) is 7.47. The molecule has 0 bridgehead atoms. The first-order valence-corrected chi connectivity index (χ1v) is 6.24. The molecule has 1 aromatic carbocycles. The van der Waals surface area contributed by atoms with Crippen molar-refractivity contribution in [3.8, 4) is 0 Å². The van der Waals surface area contributed by atoms with Crippen LogP contribution in [0.25, 0.3) is 0 Å². The maximum absolute atomic E-state index is 10.8. The molecule has 2 atom stereocenters. The van der Waals surface area contributed by atoms with Gasteiger partial charge in [-0.05, 0) is 12.1 Å². The number of halogens is 2. The van der Waals surface area contributed by atoms with E-state index in [0.717, 1.165) is 0 Å². The van der Waals surface area contributed by atoms with Crippen LogP contribution in [-0.2, 0) is 0 Å². The Balaban J connectivity index is 3.17. The summed E-state index contributed by atoms with van der Waals surface area (Å²) in [5.41, 5.74) is -0.123. The summed E-state index contributed by atoms with van der Waals surface area (Å²) < 4.78 is 0.545. The summed E-state index contributed by atoms with van der Waals surface area (Å²) in [6, 6.07) is 4.28. The minimum atomic E-state index is -1.28. The van der Waals surface area contributed by atoms with E-state index in [0.29, 0.717) is 4.47 Å². The van der Waals surface area contributed by atoms with Crippen LogP contribution in [0.2, 0.25) is 0 Å². The molecule has 88 valence electrons. The molecule has 1 rings (SSSR count).